The molecule has 0 spiro atoms. The highest BCUT2D eigenvalue weighted by Crippen LogP contribution is 2.22. The summed E-state index contributed by atoms with van der Waals surface area (Å²) in [6.45, 7) is 2.00. The van der Waals surface area contributed by atoms with Crippen molar-refractivity contribution < 1.29 is 13.3 Å². The van der Waals surface area contributed by atoms with Crippen LogP contribution in [0, 0.1) is 17.0 Å². The Hall–Kier alpha value is -1.70. The first kappa shape index (κ1) is 13.7. The van der Waals surface area contributed by atoms with E-state index in [2.05, 4.69) is 10.3 Å². The lowest BCUT2D eigenvalue weighted by Crippen LogP contribution is -2.25. The van der Waals surface area contributed by atoms with Crippen LogP contribution in [0.2, 0.25) is 0 Å². The minimum absolute atomic E-state index is 0.0727. The van der Waals surface area contributed by atoms with Crippen molar-refractivity contribution in [1.82, 2.24) is 4.98 Å². The number of anilines is 1. The molecule has 1 aliphatic heterocycles. The number of sulfone groups is 1. The van der Waals surface area contributed by atoms with E-state index in [1.165, 1.54) is 12.3 Å². The predicted octanol–water partition coefficient (Wildman–Crippen LogP) is 1.29. The number of nitro groups is 1. The van der Waals surface area contributed by atoms with Gasteiger partial charge in [0.2, 0.25) is 0 Å². The zero-order chi connectivity index (χ0) is 14.0. The van der Waals surface area contributed by atoms with Gasteiger partial charge in [0.1, 0.15) is 12.0 Å². The van der Waals surface area contributed by atoms with E-state index in [9.17, 15) is 18.5 Å². The van der Waals surface area contributed by atoms with Gasteiger partial charge in [0.05, 0.1) is 15.9 Å². The minimum atomic E-state index is -2.99. The smallest absolute Gasteiger partial charge is 0.287 e. The summed E-state index contributed by atoms with van der Waals surface area (Å²) in [5.41, 5.74) is 0.557. The molecule has 1 aromatic heterocycles. The normalized spacial score (nSPS) is 21.2. The third kappa shape index (κ3) is 3.01. The van der Waals surface area contributed by atoms with E-state index in [4.69, 9.17) is 0 Å². The first-order chi connectivity index (χ1) is 8.90. The molecular weight excluding hydrogens is 270 g/mol. The van der Waals surface area contributed by atoms with Crippen LogP contribution in [0.3, 0.4) is 0 Å². The molecule has 19 heavy (non-hydrogen) atoms. The Labute approximate surface area is 111 Å². The Morgan fingerprint density at radius 1 is 1.58 bits per heavy atom. The zero-order valence-electron chi connectivity index (χ0n) is 10.5. The van der Waals surface area contributed by atoms with E-state index in [0.717, 1.165) is 0 Å². The lowest BCUT2D eigenvalue weighted by molar-refractivity contribution is -0.385. The number of aromatic nitrogens is 1. The van der Waals surface area contributed by atoms with Gasteiger partial charge in [-0.2, -0.15) is 0 Å². The molecule has 1 atom stereocenters. The maximum atomic E-state index is 11.7. The van der Waals surface area contributed by atoms with Crippen LogP contribution in [0.4, 0.5) is 11.5 Å². The van der Waals surface area contributed by atoms with Crippen molar-refractivity contribution in [3.05, 3.63) is 27.9 Å². The second-order valence-electron chi connectivity index (χ2n) is 4.63. The molecule has 0 saturated carbocycles. The van der Waals surface area contributed by atoms with Crippen LogP contribution < -0.4 is 5.32 Å². The van der Waals surface area contributed by atoms with Gasteiger partial charge in [-0.1, -0.05) is 0 Å². The first-order valence-electron chi connectivity index (χ1n) is 5.96. The highest BCUT2D eigenvalue weighted by atomic mass is 32.2. The van der Waals surface area contributed by atoms with E-state index >= 15 is 0 Å². The zero-order valence-corrected chi connectivity index (χ0v) is 11.3. The molecule has 0 amide bonds. The summed E-state index contributed by atoms with van der Waals surface area (Å²) in [5.74, 6) is 0.735. The third-order valence-electron chi connectivity index (χ3n) is 3.23. The second kappa shape index (κ2) is 5.12. The van der Waals surface area contributed by atoms with Crippen LogP contribution in [0.5, 0.6) is 0 Å². The number of hydrogen-bond donors (Lipinski definition) is 1. The molecule has 8 heteroatoms. The van der Waals surface area contributed by atoms with Crippen LogP contribution in [0.15, 0.2) is 12.3 Å². The Morgan fingerprint density at radius 2 is 2.32 bits per heavy atom. The van der Waals surface area contributed by atoms with Crippen molar-refractivity contribution in [3.63, 3.8) is 0 Å². The van der Waals surface area contributed by atoms with Crippen molar-refractivity contribution in [3.8, 4) is 0 Å². The summed E-state index contributed by atoms with van der Waals surface area (Å²) in [6, 6.07) is 1.42. The Morgan fingerprint density at radius 3 is 2.84 bits per heavy atom. The molecule has 0 radical (unpaired) electrons. The van der Waals surface area contributed by atoms with Gasteiger partial charge < -0.3 is 5.32 Å². The SMILES string of the molecule is Cc1cc([N+](=O)[O-])cnc1NCC1CCCS1(=O)=O. The monoisotopic (exact) mass is 285 g/mol. The van der Waals surface area contributed by atoms with Crippen LogP contribution in [-0.4, -0.2) is 35.9 Å². The van der Waals surface area contributed by atoms with Crippen molar-refractivity contribution in [2.45, 2.75) is 25.0 Å². The van der Waals surface area contributed by atoms with Crippen LogP contribution in [0.25, 0.3) is 0 Å². The van der Waals surface area contributed by atoms with Crippen molar-refractivity contribution in [2.75, 3.05) is 17.6 Å². The second-order valence-corrected chi connectivity index (χ2v) is 7.03. The van der Waals surface area contributed by atoms with E-state index in [1.54, 1.807) is 6.92 Å². The molecule has 0 aliphatic carbocycles. The largest absolute Gasteiger partial charge is 0.369 e. The number of rotatable bonds is 4. The van der Waals surface area contributed by atoms with E-state index in [-0.39, 0.29) is 16.7 Å². The summed E-state index contributed by atoms with van der Waals surface area (Å²) in [7, 11) is -2.99. The van der Waals surface area contributed by atoms with Gasteiger partial charge in [-0.3, -0.25) is 10.1 Å². The molecule has 7 nitrogen and oxygen atoms in total. The lowest BCUT2D eigenvalue weighted by Gasteiger charge is -2.12. The summed E-state index contributed by atoms with van der Waals surface area (Å²) in [5, 5.41) is 13.2. The third-order valence-corrected chi connectivity index (χ3v) is 5.51. The lowest BCUT2D eigenvalue weighted by atomic mass is 10.2. The Balaban J connectivity index is 2.06. The molecule has 1 aromatic rings. The predicted molar refractivity (Wildman–Crippen MR) is 70.9 cm³/mol. The average Bonchev–Trinajstić information content (AvgIpc) is 2.66. The van der Waals surface area contributed by atoms with Gasteiger partial charge in [-0.25, -0.2) is 13.4 Å². The van der Waals surface area contributed by atoms with E-state index in [0.29, 0.717) is 30.8 Å². The quantitative estimate of drug-likeness (QED) is 0.660. The van der Waals surface area contributed by atoms with Gasteiger partial charge in [0.15, 0.2) is 9.84 Å². The van der Waals surface area contributed by atoms with Crippen molar-refractivity contribution in [2.24, 2.45) is 0 Å². The number of nitrogens with zero attached hydrogens (tertiary/aromatic N) is 2. The van der Waals surface area contributed by atoms with Gasteiger partial charge in [-0.15, -0.1) is 0 Å². The fourth-order valence-corrected chi connectivity index (χ4v) is 3.91. The number of nitrogens with one attached hydrogen (secondary N) is 1. The maximum absolute atomic E-state index is 11.7. The summed E-state index contributed by atoms with van der Waals surface area (Å²) in [4.78, 5) is 14.0. The van der Waals surface area contributed by atoms with Gasteiger partial charge in [-0.05, 0) is 25.3 Å². The molecule has 1 unspecified atom stereocenters. The number of pyridine rings is 1. The number of hydrogen-bond acceptors (Lipinski definition) is 6. The van der Waals surface area contributed by atoms with Gasteiger partial charge in [0.25, 0.3) is 5.69 Å². The molecule has 2 rings (SSSR count). The van der Waals surface area contributed by atoms with Crippen molar-refractivity contribution >= 4 is 21.3 Å². The van der Waals surface area contributed by atoms with E-state index in [1.807, 2.05) is 0 Å². The van der Waals surface area contributed by atoms with Crippen LogP contribution >= 0.6 is 0 Å². The molecule has 2 heterocycles. The molecule has 0 aromatic carbocycles. The maximum Gasteiger partial charge on any atom is 0.287 e. The average molecular weight is 285 g/mol. The molecule has 1 fully saturated rings. The Kier molecular flexibility index (Phi) is 3.70. The van der Waals surface area contributed by atoms with Crippen LogP contribution in [0.1, 0.15) is 18.4 Å². The number of aryl methyl sites for hydroxylation is 1. The molecule has 0 bridgehead atoms. The van der Waals surface area contributed by atoms with Crippen LogP contribution in [-0.2, 0) is 9.84 Å². The highest BCUT2D eigenvalue weighted by molar-refractivity contribution is 7.92. The first-order valence-corrected chi connectivity index (χ1v) is 7.68. The fourth-order valence-electron chi connectivity index (χ4n) is 2.14. The van der Waals surface area contributed by atoms with E-state index < -0.39 is 14.8 Å². The molecule has 1 aliphatic rings. The van der Waals surface area contributed by atoms with Crippen molar-refractivity contribution in [1.29, 1.82) is 0 Å². The van der Waals surface area contributed by atoms with Gasteiger partial charge >= 0.3 is 0 Å². The summed E-state index contributed by atoms with van der Waals surface area (Å²) in [6.07, 6.45) is 2.52. The molecule has 1 N–H and O–H groups in total. The Bertz CT molecular complexity index is 600. The fraction of sp³-hybridized carbons (Fsp3) is 0.545. The standard InChI is InChI=1S/C11H15N3O4S/c1-8-5-9(14(15)16)6-12-11(8)13-7-10-3-2-4-19(10,17)18/h5-6,10H,2-4,7H2,1H3,(H,12,13). The topological polar surface area (TPSA) is 102 Å². The molecule has 104 valence electrons. The molecular formula is C11H15N3O4S. The highest BCUT2D eigenvalue weighted by Gasteiger charge is 2.31. The summed E-state index contributed by atoms with van der Waals surface area (Å²) < 4.78 is 23.3. The molecule has 1 saturated heterocycles. The van der Waals surface area contributed by atoms with Gasteiger partial charge in [0, 0.05) is 12.6 Å². The minimum Gasteiger partial charge on any atom is -0.369 e. The summed E-state index contributed by atoms with van der Waals surface area (Å²) >= 11 is 0.